The van der Waals surface area contributed by atoms with E-state index in [1.165, 1.54) is 145 Å². The molecule has 6 rings (SSSR count). The van der Waals surface area contributed by atoms with Crippen LogP contribution >= 0.6 is 0 Å². The van der Waals surface area contributed by atoms with Crippen LogP contribution in [0.25, 0.3) is 0 Å². The summed E-state index contributed by atoms with van der Waals surface area (Å²) in [5.41, 5.74) is 39.5. The number of hydrogen-bond acceptors (Lipinski definition) is 0. The molecule has 6 aromatic rings. The maximum atomic E-state index is 2.30. The molecular formula is C75H114. The van der Waals surface area contributed by atoms with Crippen molar-refractivity contribution < 1.29 is 0 Å². The molecule has 0 heteroatoms. The summed E-state index contributed by atoms with van der Waals surface area (Å²) in [6.45, 7) is 73.6. The van der Waals surface area contributed by atoms with Gasteiger partial charge < -0.3 is 0 Å². The Morgan fingerprint density at radius 1 is 0.187 bits per heavy atom. The van der Waals surface area contributed by atoms with Crippen LogP contribution < -0.4 is 0 Å². The van der Waals surface area contributed by atoms with Crippen molar-refractivity contribution in [3.05, 3.63) is 205 Å². The maximum absolute atomic E-state index is 2.30. The normalized spacial score (nSPS) is 10.9. The van der Waals surface area contributed by atoms with Crippen molar-refractivity contribution in [1.29, 1.82) is 0 Å². The number of hydrogen-bond donors (Lipinski definition) is 0. The van der Waals surface area contributed by atoms with E-state index in [0.717, 1.165) is 0 Å². The molecule has 0 nitrogen and oxygen atoms in total. The molecule has 0 unspecified atom stereocenters. The maximum Gasteiger partial charge on any atom is -0.0213 e. The van der Waals surface area contributed by atoms with Gasteiger partial charge in [-0.3, -0.25) is 0 Å². The topological polar surface area (TPSA) is 0 Å². The van der Waals surface area contributed by atoms with E-state index in [4.69, 9.17) is 0 Å². The highest BCUT2D eigenvalue weighted by Gasteiger charge is 2.15. The van der Waals surface area contributed by atoms with Crippen LogP contribution in [0.15, 0.2) is 54.6 Å². The van der Waals surface area contributed by atoms with Crippen molar-refractivity contribution in [2.24, 2.45) is 0 Å². The van der Waals surface area contributed by atoms with Gasteiger partial charge in [0.25, 0.3) is 0 Å². The van der Waals surface area contributed by atoms with Crippen LogP contribution in [-0.4, -0.2) is 0 Å². The summed E-state index contributed by atoms with van der Waals surface area (Å²) < 4.78 is 0. The standard InChI is InChI=1S/C14H22.2C13H20.2C12H18.C11H16/c1-8(2)14-12(6)10(4)9(3)11(5)13(14)7;1-8(2)13-10(4)7-9(3)11(5)12(13)6;1-8(2)13-11(5)9(3)7-10(4)12(13)6;1-8(2)12-10(4)6-9(3)7-11(12)5;1-8(2)12-10(4)7-6-9(3)11(12)5;1-8(2)11-9(3)6-5-7-10(11)4/h8H,1-7H3;2*7-8H,1-6H3;2*6-8H,1-5H3;5-8H,1-4H3. The molecule has 0 saturated carbocycles. The lowest BCUT2D eigenvalue weighted by Crippen LogP contribution is -2.04. The molecule has 0 radical (unpaired) electrons. The van der Waals surface area contributed by atoms with Crippen LogP contribution in [0.3, 0.4) is 0 Å². The van der Waals surface area contributed by atoms with E-state index in [1.54, 1.807) is 5.56 Å². The highest BCUT2D eigenvalue weighted by atomic mass is 14.2. The van der Waals surface area contributed by atoms with E-state index < -0.39 is 0 Å². The Morgan fingerprint density at radius 3 is 0.773 bits per heavy atom. The van der Waals surface area contributed by atoms with E-state index in [0.29, 0.717) is 35.5 Å². The molecule has 414 valence electrons. The van der Waals surface area contributed by atoms with Crippen molar-refractivity contribution in [2.45, 2.75) is 264 Å². The zero-order valence-electron chi connectivity index (χ0n) is 55.2. The molecule has 0 aliphatic rings. The molecule has 0 atom stereocenters. The van der Waals surface area contributed by atoms with Crippen molar-refractivity contribution >= 4 is 0 Å². The first kappa shape index (κ1) is 68.3. The highest BCUT2D eigenvalue weighted by molar-refractivity contribution is 5.51. The molecule has 0 N–H and O–H groups in total. The van der Waals surface area contributed by atoms with Crippen LogP contribution in [0, 0.1) is 145 Å². The number of aryl methyl sites for hydroxylation is 11. The molecule has 0 bridgehead atoms. The summed E-state index contributed by atoms with van der Waals surface area (Å²) in [6.07, 6.45) is 0. The predicted octanol–water partition coefficient (Wildman–Crippen LogP) is 23.3. The molecule has 6 aromatic carbocycles. The second-order valence-electron chi connectivity index (χ2n) is 24.7. The lowest BCUT2D eigenvalue weighted by Gasteiger charge is -2.21. The third kappa shape index (κ3) is 18.5. The van der Waals surface area contributed by atoms with Crippen molar-refractivity contribution in [3.8, 4) is 0 Å². The average molecular weight is 1020 g/mol. The Balaban J connectivity index is 0.000000451. The first-order valence-electron chi connectivity index (χ1n) is 28.9. The van der Waals surface area contributed by atoms with Gasteiger partial charge in [0.1, 0.15) is 0 Å². The third-order valence-corrected chi connectivity index (χ3v) is 16.6. The second-order valence-corrected chi connectivity index (χ2v) is 24.7. The first-order valence-corrected chi connectivity index (χ1v) is 28.9. The SMILES string of the molecule is Cc1c(C)c(C)c(C(C)C)c(C)c1C.Cc1cc(C)c(C(C)C)c(C)c1.Cc1cc(C)c(C(C)C)c(C)c1C.Cc1cc(C)c(C)c(C(C)C)c1C.Cc1ccc(C)c(C(C)C)c1C.Cc1cccc(C)c1C(C)C. The Morgan fingerprint density at radius 2 is 0.427 bits per heavy atom. The number of rotatable bonds is 6. The molecule has 0 aromatic heterocycles. The third-order valence-electron chi connectivity index (χ3n) is 16.6. The van der Waals surface area contributed by atoms with Crippen LogP contribution in [0.5, 0.6) is 0 Å². The Hall–Kier alpha value is -4.68. The van der Waals surface area contributed by atoms with E-state index in [2.05, 4.69) is 283 Å². The fraction of sp³-hybridized carbons (Fsp3) is 0.520. The molecule has 0 amide bonds. The molecule has 0 fully saturated rings. The summed E-state index contributed by atoms with van der Waals surface area (Å²) in [7, 11) is 0. The molecular weight excluding hydrogens is 901 g/mol. The Labute approximate surface area is 466 Å². The second kappa shape index (κ2) is 30.3. The van der Waals surface area contributed by atoms with Gasteiger partial charge in [-0.25, -0.2) is 0 Å². The summed E-state index contributed by atoms with van der Waals surface area (Å²) in [6, 6.07) is 20.0. The minimum atomic E-state index is 0.632. The van der Waals surface area contributed by atoms with Crippen molar-refractivity contribution in [2.75, 3.05) is 0 Å². The predicted molar refractivity (Wildman–Crippen MR) is 343 cm³/mol. The molecule has 0 saturated heterocycles. The van der Waals surface area contributed by atoms with Crippen LogP contribution in [0.1, 0.15) is 269 Å². The van der Waals surface area contributed by atoms with Gasteiger partial charge >= 0.3 is 0 Å². The molecule has 0 spiro atoms. The van der Waals surface area contributed by atoms with Gasteiger partial charge in [-0.15, -0.1) is 0 Å². The molecule has 75 heavy (non-hydrogen) atoms. The minimum absolute atomic E-state index is 0.632. The van der Waals surface area contributed by atoms with Gasteiger partial charge in [0.2, 0.25) is 0 Å². The summed E-state index contributed by atoms with van der Waals surface area (Å²) >= 11 is 0. The van der Waals surface area contributed by atoms with E-state index >= 15 is 0 Å². The minimum Gasteiger partial charge on any atom is -0.0617 e. The lowest BCUT2D eigenvalue weighted by molar-refractivity contribution is 0.837. The molecule has 0 heterocycles. The van der Waals surface area contributed by atoms with Gasteiger partial charge in [-0.05, 0) is 326 Å². The van der Waals surface area contributed by atoms with Crippen molar-refractivity contribution in [1.82, 2.24) is 0 Å². The van der Waals surface area contributed by atoms with Crippen LogP contribution in [0.4, 0.5) is 0 Å². The molecule has 0 aliphatic carbocycles. The van der Waals surface area contributed by atoms with Gasteiger partial charge in [0.05, 0.1) is 0 Å². The Bertz CT molecular complexity index is 2710. The monoisotopic (exact) mass is 1010 g/mol. The van der Waals surface area contributed by atoms with E-state index in [9.17, 15) is 0 Å². The van der Waals surface area contributed by atoms with E-state index in [1.807, 2.05) is 0 Å². The van der Waals surface area contributed by atoms with Crippen LogP contribution in [-0.2, 0) is 0 Å². The van der Waals surface area contributed by atoms with Gasteiger partial charge in [0, 0.05) is 0 Å². The van der Waals surface area contributed by atoms with E-state index in [-0.39, 0.29) is 0 Å². The van der Waals surface area contributed by atoms with Gasteiger partial charge in [-0.2, -0.15) is 0 Å². The van der Waals surface area contributed by atoms with Crippen LogP contribution in [0.2, 0.25) is 0 Å². The largest absolute Gasteiger partial charge is 0.0617 e. The average Bonchev–Trinajstić information content (AvgIpc) is 3.28. The fourth-order valence-corrected chi connectivity index (χ4v) is 12.4. The summed E-state index contributed by atoms with van der Waals surface area (Å²) in [4.78, 5) is 0. The first-order chi connectivity index (χ1) is 34.5. The quantitative estimate of drug-likeness (QED) is 0.156. The smallest absolute Gasteiger partial charge is 0.0213 e. The molecule has 0 aliphatic heterocycles. The Kier molecular flexibility index (Phi) is 27.6. The fourth-order valence-electron chi connectivity index (χ4n) is 12.4. The van der Waals surface area contributed by atoms with Crippen molar-refractivity contribution in [3.63, 3.8) is 0 Å². The van der Waals surface area contributed by atoms with Gasteiger partial charge in [-0.1, -0.05) is 143 Å². The van der Waals surface area contributed by atoms with Gasteiger partial charge in [0.15, 0.2) is 0 Å². The zero-order valence-corrected chi connectivity index (χ0v) is 55.2. The number of benzene rings is 6. The lowest BCUT2D eigenvalue weighted by atomic mass is 9.85. The zero-order chi connectivity index (χ0) is 58.4. The highest BCUT2D eigenvalue weighted by Crippen LogP contribution is 2.32. The summed E-state index contributed by atoms with van der Waals surface area (Å²) in [5.74, 6) is 3.84. The summed E-state index contributed by atoms with van der Waals surface area (Å²) in [5, 5.41) is 0.